The summed E-state index contributed by atoms with van der Waals surface area (Å²) in [6, 6.07) is 5.98. The van der Waals surface area contributed by atoms with Gasteiger partial charge in [-0.25, -0.2) is 4.79 Å². The number of carbonyl (C=O) groups excluding carboxylic acids is 2. The lowest BCUT2D eigenvalue weighted by Crippen LogP contribution is -2.39. The third-order valence-corrected chi connectivity index (χ3v) is 4.93. The SMILES string of the molecule is CC(C)C(=O)N1CCc2cc(NC(=O)NC3CCCCC3)ccc21. The summed E-state index contributed by atoms with van der Waals surface area (Å²) in [4.78, 5) is 26.2. The largest absolute Gasteiger partial charge is 0.335 e. The molecule has 0 saturated heterocycles. The summed E-state index contributed by atoms with van der Waals surface area (Å²) in [5.41, 5.74) is 2.90. The Morgan fingerprint density at radius 3 is 2.62 bits per heavy atom. The van der Waals surface area contributed by atoms with Crippen LogP contribution in [0.25, 0.3) is 0 Å². The highest BCUT2D eigenvalue weighted by Crippen LogP contribution is 2.31. The highest BCUT2D eigenvalue weighted by Gasteiger charge is 2.26. The Kier molecular flexibility index (Phi) is 5.07. The van der Waals surface area contributed by atoms with Gasteiger partial charge in [-0.2, -0.15) is 0 Å². The second kappa shape index (κ2) is 7.24. The summed E-state index contributed by atoms with van der Waals surface area (Å²) in [7, 11) is 0. The Morgan fingerprint density at radius 2 is 1.92 bits per heavy atom. The van der Waals surface area contributed by atoms with Crippen molar-refractivity contribution in [3.63, 3.8) is 0 Å². The van der Waals surface area contributed by atoms with Gasteiger partial charge in [-0.1, -0.05) is 33.1 Å². The molecule has 24 heavy (non-hydrogen) atoms. The first-order valence-electron chi connectivity index (χ1n) is 9.06. The summed E-state index contributed by atoms with van der Waals surface area (Å²) in [5, 5.41) is 5.99. The molecule has 0 aromatic heterocycles. The molecular formula is C19H27N3O2. The molecule has 1 aromatic carbocycles. The van der Waals surface area contributed by atoms with Crippen molar-refractivity contribution in [1.29, 1.82) is 0 Å². The molecule has 1 aliphatic carbocycles. The average Bonchev–Trinajstić information content (AvgIpc) is 2.97. The number of hydrogen-bond acceptors (Lipinski definition) is 2. The van der Waals surface area contributed by atoms with Gasteiger partial charge in [-0.3, -0.25) is 4.79 Å². The van der Waals surface area contributed by atoms with Crippen molar-refractivity contribution in [2.75, 3.05) is 16.8 Å². The molecule has 1 aromatic rings. The van der Waals surface area contributed by atoms with Gasteiger partial charge in [0.05, 0.1) is 0 Å². The Labute approximate surface area is 143 Å². The summed E-state index contributed by atoms with van der Waals surface area (Å²) >= 11 is 0. The number of urea groups is 1. The number of nitrogens with one attached hydrogen (secondary N) is 2. The second-order valence-electron chi connectivity index (χ2n) is 7.17. The normalized spacial score (nSPS) is 17.7. The Hall–Kier alpha value is -2.04. The van der Waals surface area contributed by atoms with Gasteiger partial charge in [-0.05, 0) is 43.0 Å². The molecule has 2 N–H and O–H groups in total. The topological polar surface area (TPSA) is 61.4 Å². The average molecular weight is 329 g/mol. The number of benzene rings is 1. The first-order valence-corrected chi connectivity index (χ1v) is 9.06. The summed E-state index contributed by atoms with van der Waals surface area (Å²) in [6.45, 7) is 4.57. The van der Waals surface area contributed by atoms with Crippen LogP contribution >= 0.6 is 0 Å². The quantitative estimate of drug-likeness (QED) is 0.888. The fraction of sp³-hybridized carbons (Fsp3) is 0.579. The standard InChI is InChI=1S/C19H27N3O2/c1-13(2)18(23)22-11-10-14-12-16(8-9-17(14)22)21-19(24)20-15-6-4-3-5-7-15/h8-9,12-13,15H,3-7,10-11H2,1-2H3,(H2,20,21,24). The van der Waals surface area contributed by atoms with Crippen LogP contribution in [0.2, 0.25) is 0 Å². The van der Waals surface area contributed by atoms with Crippen LogP contribution < -0.4 is 15.5 Å². The van der Waals surface area contributed by atoms with Crippen LogP contribution in [0, 0.1) is 5.92 Å². The van der Waals surface area contributed by atoms with E-state index < -0.39 is 0 Å². The molecule has 1 saturated carbocycles. The molecule has 1 fully saturated rings. The fourth-order valence-corrected chi connectivity index (χ4v) is 3.62. The molecule has 0 radical (unpaired) electrons. The molecule has 0 unspecified atom stereocenters. The lowest BCUT2D eigenvalue weighted by atomic mass is 9.96. The maximum absolute atomic E-state index is 12.2. The molecule has 3 rings (SSSR count). The van der Waals surface area contributed by atoms with Gasteiger partial charge in [0, 0.05) is 29.9 Å². The number of carbonyl (C=O) groups is 2. The Balaban J connectivity index is 1.62. The minimum absolute atomic E-state index is 0.00461. The van der Waals surface area contributed by atoms with E-state index in [9.17, 15) is 9.59 Å². The molecule has 1 aliphatic heterocycles. The lowest BCUT2D eigenvalue weighted by Gasteiger charge is -2.23. The molecule has 5 heteroatoms. The third kappa shape index (κ3) is 3.71. The van der Waals surface area contributed by atoms with Gasteiger partial charge in [0.1, 0.15) is 0 Å². The van der Waals surface area contributed by atoms with E-state index in [0.717, 1.165) is 42.7 Å². The van der Waals surface area contributed by atoms with Gasteiger partial charge >= 0.3 is 6.03 Å². The van der Waals surface area contributed by atoms with E-state index in [1.165, 1.54) is 19.3 Å². The van der Waals surface area contributed by atoms with Crippen LogP contribution in [0.3, 0.4) is 0 Å². The zero-order chi connectivity index (χ0) is 17.1. The van der Waals surface area contributed by atoms with E-state index in [1.807, 2.05) is 36.9 Å². The monoisotopic (exact) mass is 329 g/mol. The zero-order valence-corrected chi connectivity index (χ0v) is 14.6. The highest BCUT2D eigenvalue weighted by molar-refractivity contribution is 5.97. The van der Waals surface area contributed by atoms with Crippen LogP contribution in [0.1, 0.15) is 51.5 Å². The maximum Gasteiger partial charge on any atom is 0.319 e. The van der Waals surface area contributed by atoms with Crippen LogP contribution in [-0.4, -0.2) is 24.5 Å². The van der Waals surface area contributed by atoms with E-state index in [1.54, 1.807) is 0 Å². The molecule has 1 heterocycles. The smallest absolute Gasteiger partial charge is 0.319 e. The van der Waals surface area contributed by atoms with Crippen molar-refractivity contribution in [2.45, 2.75) is 58.4 Å². The lowest BCUT2D eigenvalue weighted by molar-refractivity contribution is -0.121. The molecule has 5 nitrogen and oxygen atoms in total. The van der Waals surface area contributed by atoms with E-state index >= 15 is 0 Å². The molecule has 3 amide bonds. The third-order valence-electron chi connectivity index (χ3n) is 4.93. The van der Waals surface area contributed by atoms with E-state index in [0.29, 0.717) is 6.04 Å². The molecule has 0 atom stereocenters. The zero-order valence-electron chi connectivity index (χ0n) is 14.6. The van der Waals surface area contributed by atoms with E-state index in [2.05, 4.69) is 10.6 Å². The number of fused-ring (bicyclic) bond motifs is 1. The summed E-state index contributed by atoms with van der Waals surface area (Å²) in [5.74, 6) is 0.152. The predicted molar refractivity (Wildman–Crippen MR) is 96.4 cm³/mol. The first kappa shape index (κ1) is 16.8. The van der Waals surface area contributed by atoms with Gasteiger partial charge in [0.15, 0.2) is 0 Å². The molecular weight excluding hydrogens is 302 g/mol. The van der Waals surface area contributed by atoms with Gasteiger partial charge in [-0.15, -0.1) is 0 Å². The van der Waals surface area contributed by atoms with Crippen LogP contribution in [0.15, 0.2) is 18.2 Å². The number of rotatable bonds is 3. The van der Waals surface area contributed by atoms with Gasteiger partial charge < -0.3 is 15.5 Å². The highest BCUT2D eigenvalue weighted by atomic mass is 16.2. The Bertz CT molecular complexity index is 621. The number of nitrogens with zero attached hydrogens (tertiary/aromatic N) is 1. The Morgan fingerprint density at radius 1 is 1.17 bits per heavy atom. The van der Waals surface area contributed by atoms with Gasteiger partial charge in [0.2, 0.25) is 5.91 Å². The molecule has 0 bridgehead atoms. The summed E-state index contributed by atoms with van der Waals surface area (Å²) < 4.78 is 0. The number of anilines is 2. The fourth-order valence-electron chi connectivity index (χ4n) is 3.62. The van der Waals surface area contributed by atoms with E-state index in [4.69, 9.17) is 0 Å². The molecule has 0 spiro atoms. The minimum Gasteiger partial charge on any atom is -0.335 e. The van der Waals surface area contributed by atoms with Crippen molar-refractivity contribution in [3.05, 3.63) is 23.8 Å². The van der Waals surface area contributed by atoms with Crippen LogP contribution in [0.5, 0.6) is 0 Å². The maximum atomic E-state index is 12.2. The van der Waals surface area contributed by atoms with Crippen molar-refractivity contribution in [2.24, 2.45) is 5.92 Å². The van der Waals surface area contributed by atoms with Crippen LogP contribution in [0.4, 0.5) is 16.2 Å². The van der Waals surface area contributed by atoms with Crippen molar-refractivity contribution in [1.82, 2.24) is 5.32 Å². The van der Waals surface area contributed by atoms with Crippen molar-refractivity contribution < 1.29 is 9.59 Å². The molecule has 130 valence electrons. The summed E-state index contributed by atoms with van der Waals surface area (Å²) in [6.07, 6.45) is 6.66. The van der Waals surface area contributed by atoms with Crippen molar-refractivity contribution in [3.8, 4) is 0 Å². The molecule has 2 aliphatic rings. The van der Waals surface area contributed by atoms with Crippen LogP contribution in [-0.2, 0) is 11.2 Å². The number of amides is 3. The first-order chi connectivity index (χ1) is 11.5. The predicted octanol–water partition coefficient (Wildman–Crippen LogP) is 3.69. The number of hydrogen-bond donors (Lipinski definition) is 2. The second-order valence-corrected chi connectivity index (χ2v) is 7.17. The van der Waals surface area contributed by atoms with Crippen molar-refractivity contribution >= 4 is 23.3 Å². The van der Waals surface area contributed by atoms with Gasteiger partial charge in [0.25, 0.3) is 0 Å². The van der Waals surface area contributed by atoms with E-state index in [-0.39, 0.29) is 17.9 Å². The minimum atomic E-state index is -0.130.